The van der Waals surface area contributed by atoms with Gasteiger partial charge in [-0.05, 0) is 49.6 Å². The molecule has 0 aliphatic carbocycles. The van der Waals surface area contributed by atoms with Crippen molar-refractivity contribution in [1.29, 1.82) is 0 Å². The van der Waals surface area contributed by atoms with Gasteiger partial charge in [0.25, 0.3) is 0 Å². The first-order valence-electron chi connectivity index (χ1n) is 6.19. The van der Waals surface area contributed by atoms with Gasteiger partial charge in [0.15, 0.2) is 5.69 Å². The van der Waals surface area contributed by atoms with Crippen LogP contribution in [0.3, 0.4) is 0 Å². The van der Waals surface area contributed by atoms with Gasteiger partial charge in [-0.2, -0.15) is 0 Å². The van der Waals surface area contributed by atoms with Crippen molar-refractivity contribution in [3.63, 3.8) is 0 Å². The van der Waals surface area contributed by atoms with Gasteiger partial charge in [0, 0.05) is 0 Å². The average molecular weight is 308 g/mol. The van der Waals surface area contributed by atoms with Crippen LogP contribution in [0, 0.1) is 30.9 Å². The van der Waals surface area contributed by atoms with Crippen LogP contribution in [0.5, 0.6) is 5.75 Å². The second kappa shape index (κ2) is 5.65. The summed E-state index contributed by atoms with van der Waals surface area (Å²) in [6, 6.07) is 3.71. The number of rotatable bonds is 3. The number of nitro groups is 1. The summed E-state index contributed by atoms with van der Waals surface area (Å²) in [6.45, 7) is 5.30. The summed E-state index contributed by atoms with van der Waals surface area (Å²) in [4.78, 5) is 18.8. The van der Waals surface area contributed by atoms with Crippen molar-refractivity contribution in [3.05, 3.63) is 44.4 Å². The Labute approximate surface area is 126 Å². The summed E-state index contributed by atoms with van der Waals surface area (Å²) < 4.78 is 5.35. The van der Waals surface area contributed by atoms with Gasteiger partial charge in [-0.25, -0.2) is 9.97 Å². The van der Waals surface area contributed by atoms with Crippen LogP contribution in [0.25, 0.3) is 11.3 Å². The Morgan fingerprint density at radius 3 is 2.48 bits per heavy atom. The molecule has 0 aliphatic rings. The molecule has 0 saturated heterocycles. The topological polar surface area (TPSA) is 78.2 Å². The van der Waals surface area contributed by atoms with Crippen LogP contribution in [0.2, 0.25) is 5.28 Å². The molecule has 21 heavy (non-hydrogen) atoms. The Bertz CT molecular complexity index is 732. The van der Waals surface area contributed by atoms with Crippen molar-refractivity contribution >= 4 is 17.3 Å². The van der Waals surface area contributed by atoms with Crippen LogP contribution in [0.1, 0.15) is 16.8 Å². The second-order valence-electron chi connectivity index (χ2n) is 4.69. The summed E-state index contributed by atoms with van der Waals surface area (Å²) in [7, 11) is 1.51. The van der Waals surface area contributed by atoms with Crippen molar-refractivity contribution in [2.45, 2.75) is 20.8 Å². The molecule has 7 heteroatoms. The molecule has 2 aromatic rings. The zero-order valence-corrected chi connectivity index (χ0v) is 12.9. The fourth-order valence-corrected chi connectivity index (χ4v) is 2.53. The number of hydrogen-bond donors (Lipinski definition) is 0. The minimum atomic E-state index is -0.500. The lowest BCUT2D eigenvalue weighted by Gasteiger charge is -2.13. The van der Waals surface area contributed by atoms with Gasteiger partial charge >= 0.3 is 5.69 Å². The smallest absolute Gasteiger partial charge is 0.316 e. The molecule has 0 radical (unpaired) electrons. The number of aromatic nitrogens is 2. The second-order valence-corrected chi connectivity index (χ2v) is 5.03. The number of hydrogen-bond acceptors (Lipinski definition) is 5. The first-order valence-corrected chi connectivity index (χ1v) is 6.57. The Hall–Kier alpha value is -2.21. The number of benzene rings is 1. The quantitative estimate of drug-likeness (QED) is 0.491. The van der Waals surface area contributed by atoms with E-state index in [-0.39, 0.29) is 22.4 Å². The highest BCUT2D eigenvalue weighted by atomic mass is 35.5. The minimum Gasteiger partial charge on any atom is -0.496 e. The van der Waals surface area contributed by atoms with E-state index in [1.165, 1.54) is 14.0 Å². The number of ether oxygens (including phenoxy) is 1. The van der Waals surface area contributed by atoms with E-state index < -0.39 is 4.92 Å². The van der Waals surface area contributed by atoms with Gasteiger partial charge in [0.05, 0.1) is 17.6 Å². The number of halogens is 1. The van der Waals surface area contributed by atoms with Gasteiger partial charge in [0.1, 0.15) is 11.4 Å². The van der Waals surface area contributed by atoms with Crippen LogP contribution in [-0.4, -0.2) is 22.0 Å². The van der Waals surface area contributed by atoms with Crippen LogP contribution < -0.4 is 4.74 Å². The maximum Gasteiger partial charge on any atom is 0.316 e. The molecule has 0 N–H and O–H groups in total. The standard InChI is InChI=1S/C14H14ClN3O3/c1-7-5-8(2)11(10(6-7)21-4)12-13(18(19)20)9(3)16-14(15)17-12/h5-6H,1-4H3. The molecule has 0 fully saturated rings. The zero-order chi connectivity index (χ0) is 15.7. The van der Waals surface area contributed by atoms with E-state index in [0.717, 1.165) is 11.1 Å². The van der Waals surface area contributed by atoms with Gasteiger partial charge in [-0.3, -0.25) is 10.1 Å². The normalized spacial score (nSPS) is 10.5. The maximum atomic E-state index is 11.3. The molecular formula is C14H14ClN3O3. The third kappa shape index (κ3) is 2.80. The Balaban J connectivity index is 2.87. The van der Waals surface area contributed by atoms with E-state index in [9.17, 15) is 10.1 Å². The Kier molecular flexibility index (Phi) is 4.09. The molecule has 0 saturated carbocycles. The largest absolute Gasteiger partial charge is 0.496 e. The summed E-state index contributed by atoms with van der Waals surface area (Å²) in [5.41, 5.74) is 2.60. The van der Waals surface area contributed by atoms with Gasteiger partial charge in [0.2, 0.25) is 5.28 Å². The summed E-state index contributed by atoms with van der Waals surface area (Å²) >= 11 is 5.87. The van der Waals surface area contributed by atoms with Crippen molar-refractivity contribution in [2.75, 3.05) is 7.11 Å². The van der Waals surface area contributed by atoms with Crippen molar-refractivity contribution < 1.29 is 9.66 Å². The summed E-state index contributed by atoms with van der Waals surface area (Å²) in [6.07, 6.45) is 0. The fourth-order valence-electron chi connectivity index (χ4n) is 2.32. The molecule has 0 amide bonds. The van der Waals surface area contributed by atoms with Gasteiger partial charge in [-0.1, -0.05) is 6.07 Å². The average Bonchev–Trinajstić information content (AvgIpc) is 2.35. The predicted octanol–water partition coefficient (Wildman–Crippen LogP) is 3.64. The molecule has 110 valence electrons. The molecule has 2 rings (SSSR count). The molecule has 1 aromatic carbocycles. The molecule has 0 spiro atoms. The minimum absolute atomic E-state index is 0.0323. The van der Waals surface area contributed by atoms with E-state index in [1.807, 2.05) is 19.9 Å². The highest BCUT2D eigenvalue weighted by molar-refractivity contribution is 6.28. The first kappa shape index (κ1) is 15.2. The Morgan fingerprint density at radius 2 is 1.90 bits per heavy atom. The molecule has 0 atom stereocenters. The number of methoxy groups -OCH3 is 1. The molecule has 0 aliphatic heterocycles. The number of nitrogens with zero attached hydrogens (tertiary/aromatic N) is 3. The predicted molar refractivity (Wildman–Crippen MR) is 79.9 cm³/mol. The summed E-state index contributed by atoms with van der Waals surface area (Å²) in [5, 5.41) is 11.3. The lowest BCUT2D eigenvalue weighted by Crippen LogP contribution is -2.03. The molecule has 1 heterocycles. The van der Waals surface area contributed by atoms with E-state index in [2.05, 4.69) is 9.97 Å². The highest BCUT2D eigenvalue weighted by Gasteiger charge is 2.26. The van der Waals surface area contributed by atoms with Crippen molar-refractivity contribution in [1.82, 2.24) is 9.97 Å². The van der Waals surface area contributed by atoms with E-state index in [0.29, 0.717) is 11.3 Å². The highest BCUT2D eigenvalue weighted by Crippen LogP contribution is 2.39. The third-order valence-corrected chi connectivity index (χ3v) is 3.28. The molecule has 6 nitrogen and oxygen atoms in total. The molecule has 0 bridgehead atoms. The van der Waals surface area contributed by atoms with E-state index in [4.69, 9.17) is 16.3 Å². The SMILES string of the molecule is COc1cc(C)cc(C)c1-c1nc(Cl)nc(C)c1[N+](=O)[O-]. The molecule has 1 aromatic heterocycles. The Morgan fingerprint density at radius 1 is 1.24 bits per heavy atom. The van der Waals surface area contributed by atoms with Crippen LogP contribution in [0.15, 0.2) is 12.1 Å². The van der Waals surface area contributed by atoms with Crippen LogP contribution in [-0.2, 0) is 0 Å². The zero-order valence-electron chi connectivity index (χ0n) is 12.1. The lowest BCUT2D eigenvalue weighted by molar-refractivity contribution is -0.385. The summed E-state index contributed by atoms with van der Waals surface area (Å²) in [5.74, 6) is 0.518. The van der Waals surface area contributed by atoms with Crippen molar-refractivity contribution in [2.24, 2.45) is 0 Å². The maximum absolute atomic E-state index is 11.3. The fraction of sp³-hybridized carbons (Fsp3) is 0.286. The molecular weight excluding hydrogens is 294 g/mol. The van der Waals surface area contributed by atoms with Crippen LogP contribution >= 0.6 is 11.6 Å². The first-order chi connectivity index (χ1) is 9.85. The van der Waals surface area contributed by atoms with Gasteiger partial charge in [-0.15, -0.1) is 0 Å². The van der Waals surface area contributed by atoms with Crippen molar-refractivity contribution in [3.8, 4) is 17.0 Å². The number of aryl methyl sites for hydroxylation is 3. The lowest BCUT2D eigenvalue weighted by atomic mass is 10.00. The van der Waals surface area contributed by atoms with E-state index >= 15 is 0 Å². The third-order valence-electron chi connectivity index (χ3n) is 3.11. The monoisotopic (exact) mass is 307 g/mol. The van der Waals surface area contributed by atoms with Gasteiger partial charge < -0.3 is 4.74 Å². The van der Waals surface area contributed by atoms with E-state index in [1.54, 1.807) is 6.07 Å². The molecule has 0 unspecified atom stereocenters. The van der Waals surface area contributed by atoms with Crippen LogP contribution in [0.4, 0.5) is 5.69 Å².